The number of nitrogens with zero attached hydrogens (tertiary/aromatic N) is 1. The molecule has 1 aliphatic heterocycles. The van der Waals surface area contributed by atoms with Gasteiger partial charge in [0.2, 0.25) is 5.91 Å². The largest absolute Gasteiger partial charge is 0.334 e. The summed E-state index contributed by atoms with van der Waals surface area (Å²) < 4.78 is 0. The smallest absolute Gasteiger partial charge is 0.240 e. The molecular formula is C16H20N2O. The van der Waals surface area contributed by atoms with E-state index >= 15 is 0 Å². The van der Waals surface area contributed by atoms with Crippen molar-refractivity contribution < 1.29 is 4.79 Å². The Morgan fingerprint density at radius 3 is 2.53 bits per heavy atom. The Morgan fingerprint density at radius 2 is 1.89 bits per heavy atom. The monoisotopic (exact) mass is 256 g/mol. The Bertz CT molecular complexity index is 471. The predicted octanol–water partition coefficient (Wildman–Crippen LogP) is 1.90. The minimum absolute atomic E-state index is 0.120. The molecule has 1 heterocycles. The average Bonchev–Trinajstić information content (AvgIpc) is 2.46. The quantitative estimate of drug-likeness (QED) is 0.816. The van der Waals surface area contributed by atoms with E-state index in [1.165, 1.54) is 11.1 Å². The molecule has 0 unspecified atom stereocenters. The van der Waals surface area contributed by atoms with E-state index in [0.717, 1.165) is 13.0 Å². The van der Waals surface area contributed by atoms with E-state index in [1.807, 2.05) is 12.1 Å². The van der Waals surface area contributed by atoms with Gasteiger partial charge in [0.05, 0.1) is 6.04 Å². The molecule has 0 aromatic heterocycles. The van der Waals surface area contributed by atoms with Crippen LogP contribution in [0.2, 0.25) is 0 Å². The number of nitrogens with one attached hydrogen (secondary N) is 1. The molecule has 0 bridgehead atoms. The van der Waals surface area contributed by atoms with Gasteiger partial charge in [-0.2, -0.15) is 0 Å². The van der Waals surface area contributed by atoms with Crippen LogP contribution in [0.15, 0.2) is 49.6 Å². The van der Waals surface area contributed by atoms with E-state index in [-0.39, 0.29) is 11.9 Å². The van der Waals surface area contributed by atoms with Gasteiger partial charge in [-0.25, -0.2) is 0 Å². The Labute approximate surface area is 114 Å². The second-order valence-corrected chi connectivity index (χ2v) is 4.73. The SMILES string of the molecule is C=CCN(CC=C)C(=O)[C@H]1Cc2ccccc2CN1. The van der Waals surface area contributed by atoms with Crippen molar-refractivity contribution in [1.82, 2.24) is 10.2 Å². The molecule has 1 aromatic carbocycles. The van der Waals surface area contributed by atoms with Crippen LogP contribution in [0.5, 0.6) is 0 Å². The highest BCUT2D eigenvalue weighted by Gasteiger charge is 2.26. The van der Waals surface area contributed by atoms with Gasteiger partial charge >= 0.3 is 0 Å². The number of hydrogen-bond donors (Lipinski definition) is 1. The molecule has 0 saturated carbocycles. The van der Waals surface area contributed by atoms with Crippen molar-refractivity contribution in [2.75, 3.05) is 13.1 Å². The van der Waals surface area contributed by atoms with Gasteiger partial charge in [0, 0.05) is 19.6 Å². The molecule has 0 fully saturated rings. The highest BCUT2D eigenvalue weighted by atomic mass is 16.2. The van der Waals surface area contributed by atoms with Crippen molar-refractivity contribution in [1.29, 1.82) is 0 Å². The van der Waals surface area contributed by atoms with E-state index in [0.29, 0.717) is 13.1 Å². The van der Waals surface area contributed by atoms with Crippen LogP contribution in [0.3, 0.4) is 0 Å². The van der Waals surface area contributed by atoms with Gasteiger partial charge in [0.15, 0.2) is 0 Å². The molecule has 1 N–H and O–H groups in total. The number of amides is 1. The lowest BCUT2D eigenvalue weighted by molar-refractivity contribution is -0.132. The number of hydrogen-bond acceptors (Lipinski definition) is 2. The summed E-state index contributed by atoms with van der Waals surface area (Å²) in [5, 5.41) is 3.31. The van der Waals surface area contributed by atoms with Crippen LogP contribution in [-0.2, 0) is 17.8 Å². The van der Waals surface area contributed by atoms with Gasteiger partial charge in [-0.05, 0) is 17.5 Å². The first-order chi connectivity index (χ1) is 9.26. The Balaban J connectivity index is 2.08. The Kier molecular flexibility index (Phi) is 4.53. The third-order valence-corrected chi connectivity index (χ3v) is 3.39. The fourth-order valence-corrected chi connectivity index (χ4v) is 2.42. The normalized spacial score (nSPS) is 17.4. The summed E-state index contributed by atoms with van der Waals surface area (Å²) in [6.45, 7) is 9.27. The molecule has 3 heteroatoms. The second kappa shape index (κ2) is 6.34. The number of carbonyl (C=O) groups excluding carboxylic acids is 1. The van der Waals surface area contributed by atoms with Crippen LogP contribution in [0.25, 0.3) is 0 Å². The summed E-state index contributed by atoms with van der Waals surface area (Å²) in [6, 6.07) is 8.12. The number of rotatable bonds is 5. The molecule has 1 amide bonds. The minimum atomic E-state index is -0.144. The van der Waals surface area contributed by atoms with Crippen LogP contribution in [0.4, 0.5) is 0 Å². The van der Waals surface area contributed by atoms with Crippen LogP contribution in [-0.4, -0.2) is 29.9 Å². The summed E-state index contributed by atoms with van der Waals surface area (Å²) in [4.78, 5) is 14.2. The zero-order valence-corrected chi connectivity index (χ0v) is 11.1. The Morgan fingerprint density at radius 1 is 1.26 bits per heavy atom. The molecule has 1 aliphatic rings. The zero-order chi connectivity index (χ0) is 13.7. The summed E-state index contributed by atoms with van der Waals surface area (Å²) in [7, 11) is 0. The fraction of sp³-hybridized carbons (Fsp3) is 0.312. The fourth-order valence-electron chi connectivity index (χ4n) is 2.42. The first-order valence-corrected chi connectivity index (χ1v) is 6.57. The number of benzene rings is 1. The highest BCUT2D eigenvalue weighted by molar-refractivity contribution is 5.83. The van der Waals surface area contributed by atoms with Gasteiger partial charge in [0.25, 0.3) is 0 Å². The first kappa shape index (κ1) is 13.6. The van der Waals surface area contributed by atoms with Gasteiger partial charge in [0.1, 0.15) is 0 Å². The van der Waals surface area contributed by atoms with Crippen molar-refractivity contribution in [3.63, 3.8) is 0 Å². The van der Waals surface area contributed by atoms with Crippen LogP contribution in [0.1, 0.15) is 11.1 Å². The second-order valence-electron chi connectivity index (χ2n) is 4.73. The molecule has 0 spiro atoms. The van der Waals surface area contributed by atoms with Gasteiger partial charge in [-0.1, -0.05) is 36.4 Å². The van der Waals surface area contributed by atoms with Crippen molar-refractivity contribution in [2.24, 2.45) is 0 Å². The molecule has 1 aromatic rings. The maximum absolute atomic E-state index is 12.5. The predicted molar refractivity (Wildman–Crippen MR) is 77.7 cm³/mol. The molecule has 3 nitrogen and oxygen atoms in total. The highest BCUT2D eigenvalue weighted by Crippen LogP contribution is 2.17. The summed E-state index contributed by atoms with van der Waals surface area (Å²) in [6.07, 6.45) is 4.25. The van der Waals surface area contributed by atoms with Crippen LogP contribution >= 0.6 is 0 Å². The zero-order valence-electron chi connectivity index (χ0n) is 11.1. The first-order valence-electron chi connectivity index (χ1n) is 6.57. The summed E-state index contributed by atoms with van der Waals surface area (Å²) >= 11 is 0. The third kappa shape index (κ3) is 3.12. The molecule has 2 rings (SSSR count). The molecule has 0 saturated heterocycles. The van der Waals surface area contributed by atoms with Crippen molar-refractivity contribution in [3.05, 3.63) is 60.7 Å². The maximum Gasteiger partial charge on any atom is 0.240 e. The van der Waals surface area contributed by atoms with Crippen LogP contribution in [0, 0.1) is 0 Å². The molecule has 19 heavy (non-hydrogen) atoms. The van der Waals surface area contributed by atoms with Gasteiger partial charge in [-0.15, -0.1) is 13.2 Å². The third-order valence-electron chi connectivity index (χ3n) is 3.39. The minimum Gasteiger partial charge on any atom is -0.334 e. The van der Waals surface area contributed by atoms with Crippen molar-refractivity contribution in [2.45, 2.75) is 19.0 Å². The number of fused-ring (bicyclic) bond motifs is 1. The standard InChI is InChI=1S/C16H20N2O/c1-3-9-18(10-4-2)16(19)15-11-13-7-5-6-8-14(13)12-17-15/h3-8,15,17H,1-2,9-12H2/t15-/m1/s1. The molecule has 0 aliphatic carbocycles. The molecule has 1 atom stereocenters. The van der Waals surface area contributed by atoms with E-state index in [2.05, 4.69) is 30.6 Å². The topological polar surface area (TPSA) is 32.3 Å². The van der Waals surface area contributed by atoms with Gasteiger partial charge in [-0.3, -0.25) is 4.79 Å². The molecular weight excluding hydrogens is 236 g/mol. The molecule has 0 radical (unpaired) electrons. The van der Waals surface area contributed by atoms with E-state index in [9.17, 15) is 4.79 Å². The maximum atomic E-state index is 12.5. The van der Waals surface area contributed by atoms with E-state index in [4.69, 9.17) is 0 Å². The lowest BCUT2D eigenvalue weighted by Gasteiger charge is -2.30. The van der Waals surface area contributed by atoms with Crippen molar-refractivity contribution >= 4 is 5.91 Å². The summed E-state index contributed by atoms with van der Waals surface area (Å²) in [5.74, 6) is 0.120. The summed E-state index contributed by atoms with van der Waals surface area (Å²) in [5.41, 5.74) is 2.54. The van der Waals surface area contributed by atoms with E-state index < -0.39 is 0 Å². The number of carbonyl (C=O) groups is 1. The van der Waals surface area contributed by atoms with Gasteiger partial charge < -0.3 is 10.2 Å². The Hall–Kier alpha value is -1.87. The molecule has 100 valence electrons. The lowest BCUT2D eigenvalue weighted by atomic mass is 9.95. The van der Waals surface area contributed by atoms with Crippen LogP contribution < -0.4 is 5.32 Å². The van der Waals surface area contributed by atoms with E-state index in [1.54, 1.807) is 17.1 Å². The average molecular weight is 256 g/mol. The van der Waals surface area contributed by atoms with Crippen molar-refractivity contribution in [3.8, 4) is 0 Å². The lowest BCUT2D eigenvalue weighted by Crippen LogP contribution is -2.49.